The summed E-state index contributed by atoms with van der Waals surface area (Å²) in [6.45, 7) is 1.88. The molecule has 222 valence electrons. The van der Waals surface area contributed by atoms with E-state index in [4.69, 9.17) is 9.47 Å². The molecule has 5 rings (SSSR count). The van der Waals surface area contributed by atoms with Crippen molar-refractivity contribution in [2.75, 3.05) is 7.11 Å². The number of ether oxygens (including phenoxy) is 2. The summed E-state index contributed by atoms with van der Waals surface area (Å²) in [4.78, 5) is 41.4. The fourth-order valence-electron chi connectivity index (χ4n) is 5.19. The lowest BCUT2D eigenvalue weighted by molar-refractivity contribution is 0.0887. The Hall–Kier alpha value is -5.06. The van der Waals surface area contributed by atoms with Gasteiger partial charge in [-0.3, -0.25) is 19.1 Å². The Morgan fingerprint density at radius 2 is 1.70 bits per heavy atom. The highest BCUT2D eigenvalue weighted by atomic mass is 19.1. The largest absolute Gasteiger partial charge is 0.495 e. The first kappa shape index (κ1) is 29.4. The predicted molar refractivity (Wildman–Crippen MR) is 157 cm³/mol. The first-order chi connectivity index (χ1) is 20.7. The number of nitrogens with one attached hydrogen (secondary N) is 2. The van der Waals surface area contributed by atoms with E-state index in [1.54, 1.807) is 48.1 Å². The summed E-state index contributed by atoms with van der Waals surface area (Å²) < 4.78 is 27.3. The zero-order valence-corrected chi connectivity index (χ0v) is 24.1. The van der Waals surface area contributed by atoms with Crippen LogP contribution < -0.4 is 20.1 Å². The molecule has 2 aromatic carbocycles. The maximum atomic E-state index is 14.2. The average Bonchev–Trinajstić information content (AvgIpc) is 3.36. The lowest BCUT2D eigenvalue weighted by atomic mass is 9.91. The van der Waals surface area contributed by atoms with Crippen LogP contribution in [0.4, 0.5) is 4.39 Å². The van der Waals surface area contributed by atoms with Gasteiger partial charge in [-0.25, -0.2) is 9.37 Å². The van der Waals surface area contributed by atoms with Gasteiger partial charge in [-0.1, -0.05) is 24.3 Å². The molecule has 2 heterocycles. The van der Waals surface area contributed by atoms with Gasteiger partial charge in [0.25, 0.3) is 11.8 Å². The summed E-state index contributed by atoms with van der Waals surface area (Å²) in [7, 11) is 3.28. The van der Waals surface area contributed by atoms with Gasteiger partial charge in [0, 0.05) is 30.4 Å². The monoisotopic (exact) mass is 585 g/mol. The minimum absolute atomic E-state index is 0.0316. The van der Waals surface area contributed by atoms with E-state index in [0.29, 0.717) is 59.6 Å². The van der Waals surface area contributed by atoms with Crippen LogP contribution in [0.2, 0.25) is 0 Å². The van der Waals surface area contributed by atoms with Gasteiger partial charge in [0.15, 0.2) is 6.29 Å². The van der Waals surface area contributed by atoms with E-state index in [-0.39, 0.29) is 29.4 Å². The van der Waals surface area contributed by atoms with E-state index in [1.165, 1.54) is 7.11 Å². The van der Waals surface area contributed by atoms with E-state index in [1.807, 2.05) is 19.1 Å². The maximum Gasteiger partial charge on any atom is 0.272 e. The number of nitrogens with zero attached hydrogens (tertiary/aromatic N) is 3. The SMILES string of the molecule is COc1c(C=O)cccc1-c1cccc(Oc2ncc(F)cc2C(=O)NC2CCC(NC(=O)c3cc(C)n(C)n3)CC2)c1. The highest BCUT2D eigenvalue weighted by molar-refractivity contribution is 5.96. The summed E-state index contributed by atoms with van der Waals surface area (Å²) in [5.74, 6) is -0.647. The number of carbonyl (C=O) groups excluding carboxylic acids is 3. The summed E-state index contributed by atoms with van der Waals surface area (Å²) in [6, 6.07) is 14.9. The Bertz CT molecular complexity index is 1640. The van der Waals surface area contributed by atoms with Gasteiger partial charge in [-0.05, 0) is 68.5 Å². The molecule has 4 aromatic rings. The van der Waals surface area contributed by atoms with Gasteiger partial charge in [0.05, 0.1) is 18.9 Å². The molecule has 1 saturated carbocycles. The number of benzene rings is 2. The summed E-state index contributed by atoms with van der Waals surface area (Å²) >= 11 is 0. The van der Waals surface area contributed by atoms with Crippen molar-refractivity contribution in [2.45, 2.75) is 44.7 Å². The number of amides is 2. The molecule has 2 aromatic heterocycles. The number of hydrogen-bond acceptors (Lipinski definition) is 7. The van der Waals surface area contributed by atoms with Gasteiger partial charge in [-0.2, -0.15) is 5.10 Å². The van der Waals surface area contributed by atoms with Gasteiger partial charge >= 0.3 is 0 Å². The van der Waals surface area contributed by atoms with Crippen LogP contribution in [0.15, 0.2) is 60.8 Å². The lowest BCUT2D eigenvalue weighted by Crippen LogP contribution is -2.44. The molecule has 2 N–H and O–H groups in total. The Kier molecular flexibility index (Phi) is 8.79. The molecule has 0 atom stereocenters. The number of aromatic nitrogens is 3. The van der Waals surface area contributed by atoms with Gasteiger partial charge in [-0.15, -0.1) is 0 Å². The van der Waals surface area contributed by atoms with Crippen LogP contribution in [0.5, 0.6) is 17.4 Å². The quantitative estimate of drug-likeness (QED) is 0.265. The van der Waals surface area contributed by atoms with Crippen LogP contribution in [-0.2, 0) is 7.05 Å². The molecular formula is C32H32FN5O5. The number of aldehydes is 1. The molecule has 1 fully saturated rings. The number of carbonyl (C=O) groups is 3. The fourth-order valence-corrected chi connectivity index (χ4v) is 5.19. The number of methoxy groups -OCH3 is 1. The van der Waals surface area contributed by atoms with Crippen molar-refractivity contribution in [1.29, 1.82) is 0 Å². The highest BCUT2D eigenvalue weighted by Crippen LogP contribution is 2.35. The smallest absolute Gasteiger partial charge is 0.272 e. The van der Waals surface area contributed by atoms with Gasteiger partial charge < -0.3 is 20.1 Å². The summed E-state index contributed by atoms with van der Waals surface area (Å²) in [5.41, 5.74) is 3.04. The van der Waals surface area contributed by atoms with Crippen molar-refractivity contribution < 1.29 is 28.2 Å². The topological polar surface area (TPSA) is 124 Å². The molecule has 1 aliphatic rings. The lowest BCUT2D eigenvalue weighted by Gasteiger charge is -2.29. The number of pyridine rings is 1. The number of hydrogen-bond donors (Lipinski definition) is 2. The number of halogens is 1. The second-order valence-electron chi connectivity index (χ2n) is 10.5. The molecule has 43 heavy (non-hydrogen) atoms. The zero-order chi connectivity index (χ0) is 30.5. The van der Waals surface area contributed by atoms with Crippen molar-refractivity contribution in [2.24, 2.45) is 7.05 Å². The summed E-state index contributed by atoms with van der Waals surface area (Å²) in [6.07, 6.45) is 4.34. The molecule has 0 bridgehead atoms. The van der Waals surface area contributed by atoms with Crippen molar-refractivity contribution in [3.8, 4) is 28.5 Å². The third-order valence-electron chi connectivity index (χ3n) is 7.54. The molecule has 0 aliphatic heterocycles. The highest BCUT2D eigenvalue weighted by Gasteiger charge is 2.26. The first-order valence-corrected chi connectivity index (χ1v) is 13.9. The molecule has 0 unspecified atom stereocenters. The number of para-hydroxylation sites is 1. The van der Waals surface area contributed by atoms with E-state index >= 15 is 0 Å². The summed E-state index contributed by atoms with van der Waals surface area (Å²) in [5, 5.41) is 10.2. The van der Waals surface area contributed by atoms with E-state index in [2.05, 4.69) is 20.7 Å². The Morgan fingerprint density at radius 3 is 2.35 bits per heavy atom. The Morgan fingerprint density at radius 1 is 1.00 bits per heavy atom. The second-order valence-corrected chi connectivity index (χ2v) is 10.5. The Balaban J connectivity index is 1.25. The maximum absolute atomic E-state index is 14.2. The third-order valence-corrected chi connectivity index (χ3v) is 7.54. The molecular weight excluding hydrogens is 553 g/mol. The van der Waals surface area contributed by atoms with Gasteiger partial charge in [0.1, 0.15) is 28.6 Å². The average molecular weight is 586 g/mol. The van der Waals surface area contributed by atoms with E-state index in [0.717, 1.165) is 24.2 Å². The molecule has 0 saturated heterocycles. The molecule has 1 aliphatic carbocycles. The molecule has 0 radical (unpaired) electrons. The number of aryl methyl sites for hydroxylation is 2. The van der Waals surface area contributed by atoms with Crippen LogP contribution in [0, 0.1) is 12.7 Å². The van der Waals surface area contributed by atoms with Crippen LogP contribution in [-0.4, -0.2) is 52.1 Å². The molecule has 0 spiro atoms. The third kappa shape index (κ3) is 6.72. The molecule has 11 heteroatoms. The minimum atomic E-state index is -0.669. The van der Waals surface area contributed by atoms with Crippen molar-refractivity contribution in [1.82, 2.24) is 25.4 Å². The predicted octanol–water partition coefficient (Wildman–Crippen LogP) is 5.01. The minimum Gasteiger partial charge on any atom is -0.495 e. The van der Waals surface area contributed by atoms with Crippen LogP contribution in [0.3, 0.4) is 0 Å². The van der Waals surface area contributed by atoms with Crippen LogP contribution in [0.1, 0.15) is 62.6 Å². The first-order valence-electron chi connectivity index (χ1n) is 13.9. The second kappa shape index (κ2) is 12.8. The van der Waals surface area contributed by atoms with Crippen molar-refractivity contribution in [3.63, 3.8) is 0 Å². The Labute approximate surface area is 248 Å². The van der Waals surface area contributed by atoms with Crippen molar-refractivity contribution in [3.05, 3.63) is 89.1 Å². The molecule has 2 amide bonds. The molecule has 10 nitrogen and oxygen atoms in total. The zero-order valence-electron chi connectivity index (χ0n) is 24.1. The van der Waals surface area contributed by atoms with Gasteiger partial charge in [0.2, 0.25) is 5.88 Å². The van der Waals surface area contributed by atoms with E-state index in [9.17, 15) is 18.8 Å². The van der Waals surface area contributed by atoms with Crippen LogP contribution in [0.25, 0.3) is 11.1 Å². The van der Waals surface area contributed by atoms with Crippen molar-refractivity contribution >= 4 is 18.1 Å². The van der Waals surface area contributed by atoms with E-state index < -0.39 is 11.7 Å². The fraction of sp³-hybridized carbons (Fsp3) is 0.281. The van der Waals surface area contributed by atoms with Crippen LogP contribution >= 0.6 is 0 Å². The normalized spacial score (nSPS) is 16.3. The number of rotatable bonds is 9. The standard InChI is InChI=1S/C32H32FN5O5/c1-19-14-28(37-38(19)2)31(41)36-24-12-10-23(11-13-24)35-30(40)27-16-22(33)17-34-32(27)43-25-8-4-6-20(15-25)26-9-5-7-21(18-39)29(26)42-3/h4-9,14-18,23-24H,10-13H2,1-3H3,(H,35,40)(H,36,41).